The largest absolute Gasteiger partial charge is 0.331 e. The third-order valence-corrected chi connectivity index (χ3v) is 3.74. The Balaban J connectivity index is 1.58. The Hall–Kier alpha value is -1.49. The van der Waals surface area contributed by atoms with Gasteiger partial charge in [-0.3, -0.25) is 9.69 Å². The maximum atomic E-state index is 12.2. The monoisotopic (exact) mass is 246 g/mol. The number of carbonyl (C=O) groups excluding carboxylic acids is 1. The molecule has 2 aliphatic rings. The maximum Gasteiger partial charge on any atom is 0.237 e. The van der Waals surface area contributed by atoms with E-state index in [2.05, 4.69) is 14.9 Å². The highest BCUT2D eigenvalue weighted by molar-refractivity contribution is 5.78. The molecule has 18 heavy (non-hydrogen) atoms. The van der Waals surface area contributed by atoms with Crippen molar-refractivity contribution in [3.8, 4) is 0 Å². The zero-order chi connectivity index (χ0) is 12.4. The third kappa shape index (κ3) is 2.36. The standard InChI is InChI=1S/C13H18N4O/c18-13(9-16-4-2-1-3-5-16)17-7-11-6-14-10-15-12(11)8-17/h6,10H,1-5,7-9H2. The number of likely N-dealkylation sites (tertiary alicyclic amines) is 1. The van der Waals surface area contributed by atoms with E-state index in [-0.39, 0.29) is 5.91 Å². The summed E-state index contributed by atoms with van der Waals surface area (Å²) in [7, 11) is 0. The first-order chi connectivity index (χ1) is 8.83. The van der Waals surface area contributed by atoms with E-state index in [1.807, 2.05) is 11.1 Å². The van der Waals surface area contributed by atoms with Crippen LogP contribution >= 0.6 is 0 Å². The van der Waals surface area contributed by atoms with Gasteiger partial charge in [-0.05, 0) is 25.9 Å². The molecule has 5 heteroatoms. The highest BCUT2D eigenvalue weighted by atomic mass is 16.2. The van der Waals surface area contributed by atoms with Gasteiger partial charge in [0.05, 0.1) is 18.8 Å². The number of carbonyl (C=O) groups is 1. The van der Waals surface area contributed by atoms with Crippen LogP contribution in [0.4, 0.5) is 0 Å². The lowest BCUT2D eigenvalue weighted by Crippen LogP contribution is -2.40. The molecule has 1 amide bonds. The van der Waals surface area contributed by atoms with Crippen LogP contribution in [-0.4, -0.2) is 45.3 Å². The van der Waals surface area contributed by atoms with Crippen LogP contribution in [0.15, 0.2) is 12.5 Å². The molecule has 1 fully saturated rings. The molecule has 5 nitrogen and oxygen atoms in total. The van der Waals surface area contributed by atoms with Crippen LogP contribution < -0.4 is 0 Å². The molecule has 3 heterocycles. The summed E-state index contributed by atoms with van der Waals surface area (Å²) in [5.41, 5.74) is 2.08. The van der Waals surface area contributed by atoms with Crippen molar-refractivity contribution in [1.82, 2.24) is 19.8 Å². The molecule has 0 atom stereocenters. The maximum absolute atomic E-state index is 12.2. The minimum atomic E-state index is 0.218. The van der Waals surface area contributed by atoms with Gasteiger partial charge < -0.3 is 4.90 Å². The first-order valence-corrected chi connectivity index (χ1v) is 6.61. The van der Waals surface area contributed by atoms with E-state index in [0.717, 1.165) is 24.3 Å². The van der Waals surface area contributed by atoms with E-state index in [9.17, 15) is 4.79 Å². The number of aromatic nitrogens is 2. The van der Waals surface area contributed by atoms with Gasteiger partial charge >= 0.3 is 0 Å². The average Bonchev–Trinajstić information content (AvgIpc) is 2.84. The smallest absolute Gasteiger partial charge is 0.237 e. The predicted octanol–water partition coefficient (Wildman–Crippen LogP) is 0.805. The molecule has 0 aliphatic carbocycles. The quantitative estimate of drug-likeness (QED) is 0.774. The van der Waals surface area contributed by atoms with Crippen LogP contribution in [0.5, 0.6) is 0 Å². The normalized spacial score (nSPS) is 19.9. The summed E-state index contributed by atoms with van der Waals surface area (Å²) >= 11 is 0. The third-order valence-electron chi connectivity index (χ3n) is 3.74. The molecular formula is C13H18N4O. The van der Waals surface area contributed by atoms with Gasteiger partial charge in [0.15, 0.2) is 0 Å². The Bertz CT molecular complexity index is 417. The predicted molar refractivity (Wildman–Crippen MR) is 66.6 cm³/mol. The minimum Gasteiger partial charge on any atom is -0.331 e. The van der Waals surface area contributed by atoms with Gasteiger partial charge in [0.2, 0.25) is 5.91 Å². The van der Waals surface area contributed by atoms with Crippen LogP contribution in [0.25, 0.3) is 0 Å². The van der Waals surface area contributed by atoms with Crippen LogP contribution in [0.2, 0.25) is 0 Å². The zero-order valence-corrected chi connectivity index (χ0v) is 10.5. The number of rotatable bonds is 2. The van der Waals surface area contributed by atoms with Crippen LogP contribution in [0, 0.1) is 0 Å². The van der Waals surface area contributed by atoms with E-state index in [0.29, 0.717) is 19.6 Å². The van der Waals surface area contributed by atoms with E-state index < -0.39 is 0 Å². The molecular weight excluding hydrogens is 228 g/mol. The molecule has 96 valence electrons. The van der Waals surface area contributed by atoms with E-state index in [1.165, 1.54) is 19.3 Å². The van der Waals surface area contributed by atoms with Gasteiger partial charge in [0.1, 0.15) is 6.33 Å². The van der Waals surface area contributed by atoms with Crippen molar-refractivity contribution >= 4 is 5.91 Å². The first-order valence-electron chi connectivity index (χ1n) is 6.61. The van der Waals surface area contributed by atoms with Gasteiger partial charge in [-0.1, -0.05) is 6.42 Å². The van der Waals surface area contributed by atoms with Gasteiger partial charge in [-0.15, -0.1) is 0 Å². The van der Waals surface area contributed by atoms with Crippen molar-refractivity contribution in [3.63, 3.8) is 0 Å². The number of hydrogen-bond acceptors (Lipinski definition) is 4. The first kappa shape index (κ1) is 11.6. The summed E-state index contributed by atoms with van der Waals surface area (Å²) in [5, 5.41) is 0. The van der Waals surface area contributed by atoms with Crippen molar-refractivity contribution < 1.29 is 4.79 Å². The van der Waals surface area contributed by atoms with Crippen molar-refractivity contribution in [2.24, 2.45) is 0 Å². The molecule has 0 bridgehead atoms. The molecule has 0 unspecified atom stereocenters. The van der Waals surface area contributed by atoms with E-state index in [4.69, 9.17) is 0 Å². The lowest BCUT2D eigenvalue weighted by atomic mass is 10.1. The minimum absolute atomic E-state index is 0.218. The summed E-state index contributed by atoms with van der Waals surface area (Å²) in [6.07, 6.45) is 7.11. The van der Waals surface area contributed by atoms with Gasteiger partial charge in [0.25, 0.3) is 0 Å². The Morgan fingerprint density at radius 1 is 1.22 bits per heavy atom. The summed E-state index contributed by atoms with van der Waals surface area (Å²) in [5.74, 6) is 0.218. The number of nitrogens with zero attached hydrogens (tertiary/aromatic N) is 4. The number of piperidine rings is 1. The van der Waals surface area contributed by atoms with E-state index >= 15 is 0 Å². The zero-order valence-electron chi connectivity index (χ0n) is 10.5. The Morgan fingerprint density at radius 2 is 2.06 bits per heavy atom. The Morgan fingerprint density at radius 3 is 2.83 bits per heavy atom. The average molecular weight is 246 g/mol. The lowest BCUT2D eigenvalue weighted by Gasteiger charge is -2.27. The van der Waals surface area contributed by atoms with Gasteiger partial charge in [-0.2, -0.15) is 0 Å². The van der Waals surface area contributed by atoms with Crippen molar-refractivity contribution in [2.45, 2.75) is 32.4 Å². The van der Waals surface area contributed by atoms with Crippen LogP contribution in [-0.2, 0) is 17.9 Å². The Kier molecular flexibility index (Phi) is 3.23. The van der Waals surface area contributed by atoms with E-state index in [1.54, 1.807) is 6.33 Å². The SMILES string of the molecule is O=C(CN1CCCCC1)N1Cc2cncnc2C1. The molecule has 0 saturated carbocycles. The molecule has 1 aromatic heterocycles. The summed E-state index contributed by atoms with van der Waals surface area (Å²) < 4.78 is 0. The molecule has 0 radical (unpaired) electrons. The molecule has 0 aromatic carbocycles. The van der Waals surface area contributed by atoms with Crippen LogP contribution in [0.3, 0.4) is 0 Å². The number of amides is 1. The summed E-state index contributed by atoms with van der Waals surface area (Å²) in [6.45, 7) is 3.99. The lowest BCUT2D eigenvalue weighted by molar-refractivity contribution is -0.133. The Labute approximate surface area is 107 Å². The van der Waals surface area contributed by atoms with Crippen LogP contribution in [0.1, 0.15) is 30.5 Å². The second-order valence-corrected chi connectivity index (χ2v) is 5.08. The molecule has 3 rings (SSSR count). The van der Waals surface area contributed by atoms with Crippen molar-refractivity contribution in [2.75, 3.05) is 19.6 Å². The molecule has 0 N–H and O–H groups in total. The highest BCUT2D eigenvalue weighted by Crippen LogP contribution is 2.19. The summed E-state index contributed by atoms with van der Waals surface area (Å²) in [4.78, 5) is 24.6. The van der Waals surface area contributed by atoms with Gasteiger partial charge in [0, 0.05) is 18.3 Å². The second kappa shape index (κ2) is 5.02. The van der Waals surface area contributed by atoms with Gasteiger partial charge in [-0.25, -0.2) is 9.97 Å². The fourth-order valence-corrected chi connectivity index (χ4v) is 2.69. The fraction of sp³-hybridized carbons (Fsp3) is 0.615. The topological polar surface area (TPSA) is 49.3 Å². The molecule has 0 spiro atoms. The fourth-order valence-electron chi connectivity index (χ4n) is 2.69. The second-order valence-electron chi connectivity index (χ2n) is 5.08. The molecule has 2 aliphatic heterocycles. The number of fused-ring (bicyclic) bond motifs is 1. The number of hydrogen-bond donors (Lipinski definition) is 0. The molecule has 1 saturated heterocycles. The van der Waals surface area contributed by atoms with Crippen molar-refractivity contribution in [3.05, 3.63) is 23.8 Å². The molecule has 1 aromatic rings. The van der Waals surface area contributed by atoms with Crippen molar-refractivity contribution in [1.29, 1.82) is 0 Å². The highest BCUT2D eigenvalue weighted by Gasteiger charge is 2.25. The summed E-state index contributed by atoms with van der Waals surface area (Å²) in [6, 6.07) is 0.